The fourth-order valence-corrected chi connectivity index (χ4v) is 4.41. The minimum atomic E-state index is -4.26. The second kappa shape index (κ2) is 8.37. The van der Waals surface area contributed by atoms with Gasteiger partial charge in [0.1, 0.15) is 6.10 Å². The van der Waals surface area contributed by atoms with Crippen molar-refractivity contribution in [3.8, 4) is 0 Å². The van der Waals surface area contributed by atoms with Gasteiger partial charge in [-0.05, 0) is 26.2 Å². The number of phosphoric acid groups is 1. The van der Waals surface area contributed by atoms with E-state index in [1.807, 2.05) is 6.92 Å². The third-order valence-corrected chi connectivity index (χ3v) is 5.87. The highest BCUT2D eigenvalue weighted by atomic mass is 31.2. The van der Waals surface area contributed by atoms with Gasteiger partial charge in [0.2, 0.25) is 0 Å². The van der Waals surface area contributed by atoms with Gasteiger partial charge in [0.05, 0.1) is 12.2 Å². The molecule has 0 saturated heterocycles. The summed E-state index contributed by atoms with van der Waals surface area (Å²) in [5.74, 6) is 0.728. The summed E-state index contributed by atoms with van der Waals surface area (Å²) in [5, 5.41) is 0. The Balaban J connectivity index is 2.96. The van der Waals surface area contributed by atoms with Crippen LogP contribution in [0, 0.1) is 11.8 Å². The zero-order valence-corrected chi connectivity index (χ0v) is 15.8. The highest BCUT2D eigenvalue weighted by Gasteiger charge is 2.45. The molecule has 1 rings (SSSR count). The molecule has 10 heteroatoms. The predicted molar refractivity (Wildman–Crippen MR) is 85.0 cm³/mol. The van der Waals surface area contributed by atoms with Crippen LogP contribution in [0.3, 0.4) is 0 Å². The van der Waals surface area contributed by atoms with Gasteiger partial charge in [-0.2, -0.15) is 0 Å². The number of hydrogen-bond acceptors (Lipinski definition) is 6. The Labute approximate surface area is 136 Å². The first-order valence-electron chi connectivity index (χ1n) is 7.31. The molecule has 0 heterocycles. The zero-order chi connectivity index (χ0) is 17.8. The lowest BCUT2D eigenvalue weighted by Gasteiger charge is -2.26. The fraction of sp³-hybridized carbons (Fsp3) is 0.846. The van der Waals surface area contributed by atoms with Crippen LogP contribution < -0.4 is 0 Å². The van der Waals surface area contributed by atoms with E-state index in [1.54, 1.807) is 13.8 Å². The summed E-state index contributed by atoms with van der Waals surface area (Å²) in [6.07, 6.45) is 0.371. The molecule has 23 heavy (non-hydrogen) atoms. The molecule has 2 N–H and O–H groups in total. The Morgan fingerprint density at radius 3 is 2.26 bits per heavy atom. The highest BCUT2D eigenvalue weighted by molar-refractivity contribution is 7.56. The van der Waals surface area contributed by atoms with E-state index in [1.165, 1.54) is 13.2 Å². The smallest absolute Gasteiger partial charge is 0.378 e. The van der Waals surface area contributed by atoms with Crippen molar-refractivity contribution < 1.29 is 37.2 Å². The van der Waals surface area contributed by atoms with Crippen LogP contribution in [0.25, 0.3) is 0 Å². The van der Waals surface area contributed by atoms with Crippen molar-refractivity contribution in [2.45, 2.75) is 45.5 Å². The van der Waals surface area contributed by atoms with E-state index in [-0.39, 0.29) is 11.8 Å². The van der Waals surface area contributed by atoms with Crippen LogP contribution in [0.15, 0.2) is 11.9 Å². The molecule has 1 aliphatic carbocycles. The number of phosphoric ester groups is 1. The molecule has 0 spiro atoms. The molecule has 0 aromatic heterocycles. The molecule has 0 amide bonds. The van der Waals surface area contributed by atoms with Crippen molar-refractivity contribution in [3.05, 3.63) is 11.9 Å². The molecule has 2 unspecified atom stereocenters. The second-order valence-corrected chi connectivity index (χ2v) is 9.01. The topological polar surface area (TPSA) is 112 Å². The van der Waals surface area contributed by atoms with Crippen molar-refractivity contribution in [1.82, 2.24) is 0 Å². The monoisotopic (exact) mass is 372 g/mol. The molecule has 0 aromatic carbocycles. The Bertz CT molecular complexity index is 506. The van der Waals surface area contributed by atoms with Crippen LogP contribution in [-0.2, 0) is 27.4 Å². The number of rotatable bonds is 8. The van der Waals surface area contributed by atoms with Gasteiger partial charge in [0.25, 0.3) is 0 Å². The molecule has 136 valence electrons. The van der Waals surface area contributed by atoms with E-state index >= 15 is 0 Å². The molecular formula is C13H26O8P2. The Morgan fingerprint density at radius 1 is 1.17 bits per heavy atom. The van der Waals surface area contributed by atoms with Gasteiger partial charge >= 0.3 is 15.4 Å². The normalized spacial score (nSPS) is 33.9. The fourth-order valence-electron chi connectivity index (χ4n) is 2.68. The highest BCUT2D eigenvalue weighted by Crippen LogP contribution is 2.51. The van der Waals surface area contributed by atoms with E-state index in [2.05, 4.69) is 4.52 Å². The van der Waals surface area contributed by atoms with Crippen LogP contribution in [0.5, 0.6) is 0 Å². The van der Waals surface area contributed by atoms with E-state index in [0.29, 0.717) is 6.42 Å². The summed E-state index contributed by atoms with van der Waals surface area (Å²) in [4.78, 5) is 19.3. The van der Waals surface area contributed by atoms with Crippen molar-refractivity contribution in [2.24, 2.45) is 11.8 Å². The van der Waals surface area contributed by atoms with Crippen molar-refractivity contribution in [3.63, 3.8) is 0 Å². The SMILES string of the molecule is CO[C@@H]1[C@H](OP(=O)(O)OC(C)C)[C@@H](/C=C/P(=O)(O)OC)C[C@H]1C. The van der Waals surface area contributed by atoms with E-state index in [0.717, 1.165) is 12.9 Å². The van der Waals surface area contributed by atoms with Gasteiger partial charge in [-0.1, -0.05) is 13.0 Å². The lowest BCUT2D eigenvalue weighted by molar-refractivity contribution is -0.0239. The zero-order valence-electron chi connectivity index (χ0n) is 14.0. The first kappa shape index (κ1) is 21.0. The van der Waals surface area contributed by atoms with E-state index < -0.39 is 33.7 Å². The molecule has 1 saturated carbocycles. The van der Waals surface area contributed by atoms with Crippen molar-refractivity contribution in [2.75, 3.05) is 14.2 Å². The third kappa shape index (κ3) is 6.40. The lowest BCUT2D eigenvalue weighted by atomic mass is 10.1. The standard InChI is InChI=1S/C13H26O8P2/c1-9(2)20-23(16,17)21-13-11(6-7-22(14,15)19-5)8-10(3)12(13)18-4/h6-7,9-13H,8H2,1-5H3,(H,14,15)(H,16,17)/b7-6+/t10-,11+,12+,13-/m1/s1. The van der Waals surface area contributed by atoms with Gasteiger partial charge in [-0.15, -0.1) is 0 Å². The van der Waals surface area contributed by atoms with Crippen LogP contribution >= 0.6 is 15.4 Å². The first-order valence-corrected chi connectivity index (χ1v) is 10.5. The van der Waals surface area contributed by atoms with Crippen LogP contribution in [0.4, 0.5) is 0 Å². The maximum absolute atomic E-state index is 12.1. The number of hydrogen-bond donors (Lipinski definition) is 2. The average Bonchev–Trinajstić information content (AvgIpc) is 2.70. The third-order valence-electron chi connectivity index (χ3n) is 3.60. The second-order valence-electron chi connectivity index (χ2n) is 5.86. The maximum Gasteiger partial charge on any atom is 0.472 e. The van der Waals surface area contributed by atoms with Crippen molar-refractivity contribution >= 4 is 15.4 Å². The molecule has 0 radical (unpaired) electrons. The van der Waals surface area contributed by atoms with Gasteiger partial charge in [-0.25, -0.2) is 4.57 Å². The summed E-state index contributed by atoms with van der Waals surface area (Å²) in [5.41, 5.74) is 0. The average molecular weight is 372 g/mol. The van der Waals surface area contributed by atoms with Gasteiger partial charge < -0.3 is 19.0 Å². The minimum absolute atomic E-state index is 0.0410. The van der Waals surface area contributed by atoms with Crippen LogP contribution in [0.2, 0.25) is 0 Å². The lowest BCUT2D eigenvalue weighted by Crippen LogP contribution is -2.31. The van der Waals surface area contributed by atoms with Crippen molar-refractivity contribution in [1.29, 1.82) is 0 Å². The summed E-state index contributed by atoms with van der Waals surface area (Å²) in [6, 6.07) is 0. The molecule has 1 aliphatic rings. The summed E-state index contributed by atoms with van der Waals surface area (Å²) < 4.78 is 43.7. The molecular weight excluding hydrogens is 346 g/mol. The first-order chi connectivity index (χ1) is 10.5. The quantitative estimate of drug-likeness (QED) is 0.626. The van der Waals surface area contributed by atoms with Gasteiger partial charge in [0, 0.05) is 26.0 Å². The van der Waals surface area contributed by atoms with Crippen LogP contribution in [0.1, 0.15) is 27.2 Å². The molecule has 8 nitrogen and oxygen atoms in total. The van der Waals surface area contributed by atoms with Gasteiger partial charge in [0.15, 0.2) is 0 Å². The molecule has 1 fully saturated rings. The van der Waals surface area contributed by atoms with E-state index in [4.69, 9.17) is 13.8 Å². The molecule has 0 bridgehead atoms. The molecule has 0 aliphatic heterocycles. The molecule has 0 aromatic rings. The Kier molecular flexibility index (Phi) is 7.64. The molecule has 6 atom stereocenters. The van der Waals surface area contributed by atoms with E-state index in [9.17, 15) is 18.9 Å². The Morgan fingerprint density at radius 2 is 1.78 bits per heavy atom. The maximum atomic E-state index is 12.1. The minimum Gasteiger partial charge on any atom is -0.378 e. The summed E-state index contributed by atoms with van der Waals surface area (Å²) >= 11 is 0. The predicted octanol–water partition coefficient (Wildman–Crippen LogP) is 2.91. The summed E-state index contributed by atoms with van der Waals surface area (Å²) in [7, 11) is -5.45. The number of ether oxygens (including phenoxy) is 1. The van der Waals surface area contributed by atoms with Gasteiger partial charge in [-0.3, -0.25) is 13.6 Å². The van der Waals surface area contributed by atoms with Crippen LogP contribution in [-0.4, -0.2) is 42.3 Å². The summed E-state index contributed by atoms with van der Waals surface area (Å²) in [6.45, 7) is 5.16. The Hall–Kier alpha value is -0.0400. The largest absolute Gasteiger partial charge is 0.472 e. The number of methoxy groups -OCH3 is 1.